The molecule has 0 aliphatic carbocycles. The quantitative estimate of drug-likeness (QED) is 0.645. The van der Waals surface area contributed by atoms with Crippen LogP contribution in [0.3, 0.4) is 0 Å². The van der Waals surface area contributed by atoms with Crippen molar-refractivity contribution in [3.8, 4) is 0 Å². The molecule has 0 saturated carbocycles. The van der Waals surface area contributed by atoms with Crippen LogP contribution >= 0.6 is 0 Å². The Morgan fingerprint density at radius 1 is 1.12 bits per heavy atom. The Morgan fingerprint density at radius 3 is 2.44 bits per heavy atom. The number of piperidine rings is 1. The van der Waals surface area contributed by atoms with E-state index in [1.165, 1.54) is 58.2 Å². The predicted octanol–water partition coefficient (Wildman–Crippen LogP) is 1.86. The molecule has 0 aromatic rings. The minimum atomic E-state index is 0.804. The predicted molar refractivity (Wildman–Crippen MR) is 68.6 cm³/mol. The van der Waals surface area contributed by atoms with Crippen molar-refractivity contribution in [2.75, 3.05) is 39.9 Å². The first-order valence-electron chi connectivity index (χ1n) is 6.78. The van der Waals surface area contributed by atoms with Crippen molar-refractivity contribution < 1.29 is 4.74 Å². The Kier molecular flexibility index (Phi) is 7.81. The Labute approximate surface area is 100 Å². The molecule has 0 bridgehead atoms. The number of ether oxygens (including phenoxy) is 1. The van der Waals surface area contributed by atoms with Crippen LogP contribution in [0, 0.1) is 5.92 Å². The summed E-state index contributed by atoms with van der Waals surface area (Å²) in [7, 11) is 1.81. The second-order valence-corrected chi connectivity index (χ2v) is 4.94. The van der Waals surface area contributed by atoms with Gasteiger partial charge in [0.15, 0.2) is 0 Å². The highest BCUT2D eigenvalue weighted by Gasteiger charge is 2.18. The molecule has 1 rings (SSSR count). The van der Waals surface area contributed by atoms with E-state index in [9.17, 15) is 0 Å². The Morgan fingerprint density at radius 2 is 1.81 bits per heavy atom. The van der Waals surface area contributed by atoms with Gasteiger partial charge in [-0.1, -0.05) is 12.8 Å². The third kappa shape index (κ3) is 5.83. The summed E-state index contributed by atoms with van der Waals surface area (Å²) < 4.78 is 5.21. The molecule has 0 amide bonds. The molecule has 0 aromatic carbocycles. The summed E-state index contributed by atoms with van der Waals surface area (Å²) in [5.74, 6) is 0.804. The van der Waals surface area contributed by atoms with Crippen molar-refractivity contribution in [2.45, 2.75) is 38.5 Å². The first kappa shape index (κ1) is 13.9. The van der Waals surface area contributed by atoms with Gasteiger partial charge in [0.1, 0.15) is 0 Å². The van der Waals surface area contributed by atoms with Crippen molar-refractivity contribution >= 4 is 0 Å². The number of nitrogens with two attached hydrogens (primary N) is 1. The normalized spacial score (nSPS) is 19.1. The van der Waals surface area contributed by atoms with E-state index in [4.69, 9.17) is 10.5 Å². The molecule has 1 aliphatic rings. The van der Waals surface area contributed by atoms with Crippen LogP contribution in [0.1, 0.15) is 38.5 Å². The number of methoxy groups -OCH3 is 1. The standard InChI is InChI=1S/C13H28N2O/c1-16-12-13-6-10-15(11-7-13)9-5-3-2-4-8-14/h13H,2-12,14H2,1H3. The van der Waals surface area contributed by atoms with Crippen LogP contribution in [0.15, 0.2) is 0 Å². The summed E-state index contributed by atoms with van der Waals surface area (Å²) in [4.78, 5) is 2.61. The highest BCUT2D eigenvalue weighted by atomic mass is 16.5. The van der Waals surface area contributed by atoms with Gasteiger partial charge in [-0.05, 0) is 57.8 Å². The summed E-state index contributed by atoms with van der Waals surface area (Å²) in [6.45, 7) is 5.62. The molecule has 0 unspecified atom stereocenters. The molecular weight excluding hydrogens is 200 g/mol. The van der Waals surface area contributed by atoms with Crippen LogP contribution in [0.25, 0.3) is 0 Å². The maximum atomic E-state index is 5.48. The van der Waals surface area contributed by atoms with Crippen LogP contribution in [0.2, 0.25) is 0 Å². The molecule has 16 heavy (non-hydrogen) atoms. The van der Waals surface area contributed by atoms with E-state index >= 15 is 0 Å². The molecule has 2 N–H and O–H groups in total. The summed E-state index contributed by atoms with van der Waals surface area (Å²) in [6, 6.07) is 0. The highest BCUT2D eigenvalue weighted by Crippen LogP contribution is 2.17. The third-order valence-electron chi connectivity index (χ3n) is 3.54. The van der Waals surface area contributed by atoms with Crippen LogP contribution in [-0.2, 0) is 4.74 Å². The van der Waals surface area contributed by atoms with Crippen molar-refractivity contribution in [3.05, 3.63) is 0 Å². The van der Waals surface area contributed by atoms with Gasteiger partial charge in [-0.15, -0.1) is 0 Å². The van der Waals surface area contributed by atoms with E-state index < -0.39 is 0 Å². The van der Waals surface area contributed by atoms with E-state index in [0.29, 0.717) is 0 Å². The number of nitrogens with zero attached hydrogens (tertiary/aromatic N) is 1. The van der Waals surface area contributed by atoms with Gasteiger partial charge in [0.2, 0.25) is 0 Å². The largest absolute Gasteiger partial charge is 0.384 e. The second kappa shape index (κ2) is 8.97. The Bertz CT molecular complexity index is 156. The zero-order valence-corrected chi connectivity index (χ0v) is 10.8. The van der Waals surface area contributed by atoms with Crippen molar-refractivity contribution in [3.63, 3.8) is 0 Å². The molecule has 96 valence electrons. The summed E-state index contributed by atoms with van der Waals surface area (Å²) >= 11 is 0. The van der Waals surface area contributed by atoms with E-state index in [0.717, 1.165) is 19.1 Å². The molecule has 0 spiro atoms. The van der Waals surface area contributed by atoms with Gasteiger partial charge in [-0.2, -0.15) is 0 Å². The molecule has 1 fully saturated rings. The van der Waals surface area contributed by atoms with Crippen LogP contribution in [0.4, 0.5) is 0 Å². The fraction of sp³-hybridized carbons (Fsp3) is 1.00. The molecule has 0 aromatic heterocycles. The minimum absolute atomic E-state index is 0.804. The number of hydrogen-bond donors (Lipinski definition) is 1. The van der Waals surface area contributed by atoms with Crippen LogP contribution < -0.4 is 5.73 Å². The Hall–Kier alpha value is -0.120. The molecule has 0 radical (unpaired) electrons. The lowest BCUT2D eigenvalue weighted by molar-refractivity contribution is 0.0988. The molecule has 1 heterocycles. The molecular formula is C13H28N2O. The zero-order chi connectivity index (χ0) is 11.6. The molecule has 3 nitrogen and oxygen atoms in total. The molecule has 1 saturated heterocycles. The topological polar surface area (TPSA) is 38.5 Å². The monoisotopic (exact) mass is 228 g/mol. The van der Waals surface area contributed by atoms with Crippen molar-refractivity contribution in [2.24, 2.45) is 11.7 Å². The van der Waals surface area contributed by atoms with Gasteiger partial charge >= 0.3 is 0 Å². The summed E-state index contributed by atoms with van der Waals surface area (Å²) in [5.41, 5.74) is 5.48. The number of rotatable bonds is 8. The van der Waals surface area contributed by atoms with Gasteiger partial charge in [0, 0.05) is 13.7 Å². The van der Waals surface area contributed by atoms with E-state index in [1.807, 2.05) is 7.11 Å². The van der Waals surface area contributed by atoms with E-state index in [1.54, 1.807) is 0 Å². The maximum Gasteiger partial charge on any atom is 0.0491 e. The van der Waals surface area contributed by atoms with Crippen LogP contribution in [-0.4, -0.2) is 44.8 Å². The number of hydrogen-bond acceptors (Lipinski definition) is 3. The van der Waals surface area contributed by atoms with Gasteiger partial charge in [0.25, 0.3) is 0 Å². The Balaban J connectivity index is 1.95. The fourth-order valence-electron chi connectivity index (χ4n) is 2.45. The molecule has 1 aliphatic heterocycles. The average molecular weight is 228 g/mol. The fourth-order valence-corrected chi connectivity index (χ4v) is 2.45. The first-order chi connectivity index (χ1) is 7.86. The smallest absolute Gasteiger partial charge is 0.0491 e. The minimum Gasteiger partial charge on any atom is -0.384 e. The maximum absolute atomic E-state index is 5.48. The van der Waals surface area contributed by atoms with E-state index in [2.05, 4.69) is 4.90 Å². The molecule has 0 atom stereocenters. The van der Waals surface area contributed by atoms with Crippen molar-refractivity contribution in [1.29, 1.82) is 0 Å². The number of likely N-dealkylation sites (tertiary alicyclic amines) is 1. The third-order valence-corrected chi connectivity index (χ3v) is 3.54. The van der Waals surface area contributed by atoms with Gasteiger partial charge in [-0.3, -0.25) is 0 Å². The van der Waals surface area contributed by atoms with Crippen molar-refractivity contribution in [1.82, 2.24) is 4.90 Å². The highest BCUT2D eigenvalue weighted by molar-refractivity contribution is 4.71. The SMILES string of the molecule is COCC1CCN(CCCCCCN)CC1. The lowest BCUT2D eigenvalue weighted by atomic mass is 9.97. The van der Waals surface area contributed by atoms with Gasteiger partial charge in [0.05, 0.1) is 0 Å². The first-order valence-corrected chi connectivity index (χ1v) is 6.78. The molecule has 3 heteroatoms. The van der Waals surface area contributed by atoms with Crippen LogP contribution in [0.5, 0.6) is 0 Å². The van der Waals surface area contributed by atoms with Gasteiger partial charge < -0.3 is 15.4 Å². The second-order valence-electron chi connectivity index (χ2n) is 4.94. The zero-order valence-electron chi connectivity index (χ0n) is 10.8. The number of unbranched alkanes of at least 4 members (excludes halogenated alkanes) is 3. The lowest BCUT2D eigenvalue weighted by Crippen LogP contribution is -2.35. The van der Waals surface area contributed by atoms with Gasteiger partial charge in [-0.25, -0.2) is 0 Å². The average Bonchev–Trinajstić information content (AvgIpc) is 2.31. The summed E-state index contributed by atoms with van der Waals surface area (Å²) in [5, 5.41) is 0. The lowest BCUT2D eigenvalue weighted by Gasteiger charge is -2.31. The summed E-state index contributed by atoms with van der Waals surface area (Å²) in [6.07, 6.45) is 7.81. The van der Waals surface area contributed by atoms with E-state index in [-0.39, 0.29) is 0 Å².